The summed E-state index contributed by atoms with van der Waals surface area (Å²) in [6, 6.07) is 9.34. The summed E-state index contributed by atoms with van der Waals surface area (Å²) in [6.45, 7) is 3.37. The second-order valence-corrected chi connectivity index (χ2v) is 9.29. The summed E-state index contributed by atoms with van der Waals surface area (Å²) in [5.74, 6) is -0.607. The summed E-state index contributed by atoms with van der Waals surface area (Å²) in [7, 11) is -4.44. The molecule has 8 heteroatoms. The fourth-order valence-electron chi connectivity index (χ4n) is 4.39. The molecule has 0 amide bonds. The smallest absolute Gasteiger partial charge is 0.300 e. The number of Topliss-reactive ketones (excluding diaryl/α,β-unsaturated/α-hetero) is 1. The number of alkyl halides is 3. The van der Waals surface area contributed by atoms with Crippen molar-refractivity contribution in [2.45, 2.75) is 49.3 Å². The molecule has 28 heavy (non-hydrogen) atoms. The Labute approximate surface area is 161 Å². The molecule has 0 spiro atoms. The van der Waals surface area contributed by atoms with E-state index >= 15 is 0 Å². The molecule has 1 saturated heterocycles. The minimum absolute atomic E-state index is 0.284. The second-order valence-electron chi connectivity index (χ2n) is 7.51. The van der Waals surface area contributed by atoms with Crippen LogP contribution in [0.2, 0.25) is 0 Å². The molecule has 0 aliphatic carbocycles. The molecule has 0 radical (unpaired) electrons. The molecular formula is C20H18F3NO3S. The molecule has 0 N–H and O–H groups in total. The van der Waals surface area contributed by atoms with Crippen LogP contribution < -0.4 is 0 Å². The molecule has 2 aromatic carbocycles. The van der Waals surface area contributed by atoms with Crippen LogP contribution in [0.25, 0.3) is 0 Å². The summed E-state index contributed by atoms with van der Waals surface area (Å²) < 4.78 is 70.7. The molecule has 2 atom stereocenters. The average molecular weight is 409 g/mol. The molecule has 4 nitrogen and oxygen atoms in total. The van der Waals surface area contributed by atoms with Crippen molar-refractivity contribution in [3.05, 3.63) is 64.7 Å². The minimum atomic E-state index is -4.95. The van der Waals surface area contributed by atoms with E-state index in [1.807, 2.05) is 0 Å². The van der Waals surface area contributed by atoms with Crippen LogP contribution in [0.1, 0.15) is 41.1 Å². The van der Waals surface area contributed by atoms with Crippen LogP contribution in [0, 0.1) is 13.8 Å². The van der Waals surface area contributed by atoms with Gasteiger partial charge in [0.2, 0.25) is 10.0 Å². The SMILES string of the molecule is Cc1cccc([C@H]2CC(=O)C[C@]3(C(F)(F)F)c4cc(C)ccc4S(=O)(=O)N23)c1. The van der Waals surface area contributed by atoms with Gasteiger partial charge in [0.05, 0.1) is 10.9 Å². The van der Waals surface area contributed by atoms with E-state index in [1.54, 1.807) is 38.1 Å². The summed E-state index contributed by atoms with van der Waals surface area (Å²) >= 11 is 0. The van der Waals surface area contributed by atoms with E-state index < -0.39 is 40.0 Å². The van der Waals surface area contributed by atoms with Crippen molar-refractivity contribution in [3.8, 4) is 0 Å². The first-order chi connectivity index (χ1) is 13.0. The number of aryl methyl sites for hydroxylation is 2. The number of piperidine rings is 1. The van der Waals surface area contributed by atoms with Gasteiger partial charge in [-0.25, -0.2) is 8.42 Å². The first-order valence-electron chi connectivity index (χ1n) is 8.79. The Hall–Kier alpha value is -2.19. The topological polar surface area (TPSA) is 54.5 Å². The number of sulfonamides is 1. The standard InChI is InChI=1S/C20H18F3NO3S/c1-12-4-3-5-14(8-12)17-10-15(25)11-19(20(21,22)23)16-9-13(2)6-7-18(16)28(26,27)24(17)19/h3-9,17H,10-11H2,1-2H3/t17-,19-/m1/s1. The summed E-state index contributed by atoms with van der Waals surface area (Å²) in [4.78, 5) is 12.1. The zero-order valence-corrected chi connectivity index (χ0v) is 16.1. The van der Waals surface area contributed by atoms with E-state index in [9.17, 15) is 26.4 Å². The van der Waals surface area contributed by atoms with Crippen LogP contribution in [-0.4, -0.2) is 24.7 Å². The molecule has 1 fully saturated rings. The average Bonchev–Trinajstić information content (AvgIpc) is 2.79. The summed E-state index contributed by atoms with van der Waals surface area (Å²) in [5, 5.41) is 0. The van der Waals surface area contributed by atoms with E-state index in [-0.39, 0.29) is 16.9 Å². The Morgan fingerprint density at radius 2 is 1.75 bits per heavy atom. The number of halogens is 3. The predicted molar refractivity (Wildman–Crippen MR) is 96.1 cm³/mol. The molecule has 0 unspecified atom stereocenters. The van der Waals surface area contributed by atoms with Crippen LogP contribution in [0.5, 0.6) is 0 Å². The van der Waals surface area contributed by atoms with E-state index in [0.717, 1.165) is 5.56 Å². The maximum absolute atomic E-state index is 14.5. The Morgan fingerprint density at radius 3 is 2.39 bits per heavy atom. The quantitative estimate of drug-likeness (QED) is 0.710. The zero-order valence-electron chi connectivity index (χ0n) is 15.2. The Balaban J connectivity index is 2.07. The monoisotopic (exact) mass is 409 g/mol. The maximum atomic E-state index is 14.5. The number of nitrogens with zero attached hydrogens (tertiary/aromatic N) is 1. The van der Waals surface area contributed by atoms with Gasteiger partial charge >= 0.3 is 6.18 Å². The van der Waals surface area contributed by atoms with Gasteiger partial charge in [-0.1, -0.05) is 47.5 Å². The number of rotatable bonds is 1. The molecule has 4 rings (SSSR count). The number of benzene rings is 2. The maximum Gasteiger partial charge on any atom is 0.412 e. The Bertz CT molecular complexity index is 1090. The zero-order chi connectivity index (χ0) is 20.5. The van der Waals surface area contributed by atoms with E-state index in [2.05, 4.69) is 0 Å². The molecular weight excluding hydrogens is 391 g/mol. The van der Waals surface area contributed by atoms with Crippen molar-refractivity contribution < 1.29 is 26.4 Å². The number of ketones is 1. The van der Waals surface area contributed by atoms with Gasteiger partial charge in [-0.05, 0) is 25.5 Å². The highest BCUT2D eigenvalue weighted by molar-refractivity contribution is 7.89. The third-order valence-corrected chi connectivity index (χ3v) is 7.54. The van der Waals surface area contributed by atoms with Gasteiger partial charge in [0.1, 0.15) is 5.78 Å². The molecule has 0 aromatic heterocycles. The van der Waals surface area contributed by atoms with Crippen molar-refractivity contribution in [1.29, 1.82) is 0 Å². The van der Waals surface area contributed by atoms with E-state index in [0.29, 0.717) is 15.4 Å². The van der Waals surface area contributed by atoms with Gasteiger partial charge in [-0.3, -0.25) is 4.79 Å². The Kier molecular flexibility index (Phi) is 4.04. The molecule has 2 aliphatic rings. The first kappa shape index (κ1) is 19.1. The lowest BCUT2D eigenvalue weighted by Crippen LogP contribution is -2.59. The van der Waals surface area contributed by atoms with Crippen molar-refractivity contribution in [3.63, 3.8) is 0 Å². The lowest BCUT2D eigenvalue weighted by atomic mass is 9.77. The van der Waals surface area contributed by atoms with Crippen molar-refractivity contribution in [2.24, 2.45) is 0 Å². The van der Waals surface area contributed by atoms with Gasteiger partial charge in [0, 0.05) is 18.4 Å². The molecule has 148 valence electrons. The lowest BCUT2D eigenvalue weighted by molar-refractivity contribution is -0.233. The number of carbonyl (C=O) groups is 1. The van der Waals surface area contributed by atoms with Gasteiger partial charge in [-0.15, -0.1) is 0 Å². The number of hydrogen-bond donors (Lipinski definition) is 0. The first-order valence-corrected chi connectivity index (χ1v) is 10.2. The van der Waals surface area contributed by atoms with Gasteiger partial charge in [0.15, 0.2) is 5.54 Å². The predicted octanol–water partition coefficient (Wildman–Crippen LogP) is 4.17. The summed E-state index contributed by atoms with van der Waals surface area (Å²) in [5.41, 5.74) is -1.57. The number of fused-ring (bicyclic) bond motifs is 3. The lowest BCUT2D eigenvalue weighted by Gasteiger charge is -2.46. The highest BCUT2D eigenvalue weighted by atomic mass is 32.2. The Morgan fingerprint density at radius 1 is 1.07 bits per heavy atom. The summed E-state index contributed by atoms with van der Waals surface area (Å²) in [6.07, 6.45) is -6.14. The van der Waals surface area contributed by atoms with Crippen molar-refractivity contribution in [1.82, 2.24) is 4.31 Å². The third-order valence-electron chi connectivity index (χ3n) is 5.55. The fraction of sp³-hybridized carbons (Fsp3) is 0.350. The van der Waals surface area contributed by atoms with Gasteiger partial charge in [0.25, 0.3) is 0 Å². The van der Waals surface area contributed by atoms with E-state index in [4.69, 9.17) is 0 Å². The highest BCUT2D eigenvalue weighted by Crippen LogP contribution is 2.60. The van der Waals surface area contributed by atoms with Crippen LogP contribution in [-0.2, 0) is 20.4 Å². The molecule has 2 aliphatic heterocycles. The highest BCUT2D eigenvalue weighted by Gasteiger charge is 2.71. The largest absolute Gasteiger partial charge is 0.412 e. The van der Waals surface area contributed by atoms with Crippen molar-refractivity contribution in [2.75, 3.05) is 0 Å². The number of carbonyl (C=O) groups excluding carboxylic acids is 1. The van der Waals surface area contributed by atoms with Crippen LogP contribution in [0.3, 0.4) is 0 Å². The minimum Gasteiger partial charge on any atom is -0.300 e. The van der Waals surface area contributed by atoms with Crippen LogP contribution >= 0.6 is 0 Å². The van der Waals surface area contributed by atoms with Crippen molar-refractivity contribution >= 4 is 15.8 Å². The second kappa shape index (κ2) is 5.90. The van der Waals surface area contributed by atoms with Gasteiger partial charge < -0.3 is 0 Å². The van der Waals surface area contributed by atoms with Crippen LogP contribution in [0.15, 0.2) is 47.4 Å². The fourth-order valence-corrected chi connectivity index (χ4v) is 6.56. The molecule has 2 aromatic rings. The molecule has 0 bridgehead atoms. The normalized spacial score (nSPS) is 26.8. The van der Waals surface area contributed by atoms with E-state index in [1.165, 1.54) is 18.2 Å². The third kappa shape index (κ3) is 2.47. The van der Waals surface area contributed by atoms with Gasteiger partial charge in [-0.2, -0.15) is 17.5 Å². The van der Waals surface area contributed by atoms with Crippen LogP contribution in [0.4, 0.5) is 13.2 Å². The number of hydrogen-bond acceptors (Lipinski definition) is 3. The molecule has 2 heterocycles. The molecule has 0 saturated carbocycles.